The van der Waals surface area contributed by atoms with Crippen LogP contribution in [-0.2, 0) is 15.5 Å². The summed E-state index contributed by atoms with van der Waals surface area (Å²) in [6.45, 7) is 7.58. The molecular weight excluding hydrogens is 327 g/mol. The Balaban J connectivity index is 2.03. The molecule has 0 N–H and O–H groups in total. The van der Waals surface area contributed by atoms with Crippen molar-refractivity contribution in [3.8, 4) is 0 Å². The second-order valence-corrected chi connectivity index (χ2v) is 7.73. The summed E-state index contributed by atoms with van der Waals surface area (Å²) >= 11 is 6.14. The molecule has 1 aromatic rings. The molecule has 0 spiro atoms. The lowest BCUT2D eigenvalue weighted by atomic mass is 9.77. The molecule has 0 radical (unpaired) electrons. The van der Waals surface area contributed by atoms with Crippen LogP contribution >= 0.6 is 11.6 Å². The first-order chi connectivity index (χ1) is 10.4. The van der Waals surface area contributed by atoms with Crippen LogP contribution in [0.15, 0.2) is 12.1 Å². The zero-order chi connectivity index (χ0) is 17.2. The predicted molar refractivity (Wildman–Crippen MR) is 84.1 cm³/mol. The summed E-state index contributed by atoms with van der Waals surface area (Å²) in [4.78, 5) is 0. The topological polar surface area (TPSA) is 18.5 Å². The molecule has 7 heteroatoms. The molecule has 3 rings (SSSR count). The smallest absolute Gasteiger partial charge is 0.399 e. The van der Waals surface area contributed by atoms with Gasteiger partial charge in [0.05, 0.1) is 16.8 Å². The summed E-state index contributed by atoms with van der Waals surface area (Å²) in [5, 5.41) is 0.0280. The van der Waals surface area contributed by atoms with Crippen LogP contribution in [0.3, 0.4) is 0 Å². The number of hydrogen-bond donors (Lipinski definition) is 0. The fraction of sp³-hybridized carbons (Fsp3) is 0.625. The van der Waals surface area contributed by atoms with Gasteiger partial charge in [0.1, 0.15) is 0 Å². The van der Waals surface area contributed by atoms with Crippen LogP contribution in [0.2, 0.25) is 5.02 Å². The lowest BCUT2D eigenvalue weighted by molar-refractivity contribution is -0.138. The number of halogens is 4. The zero-order valence-electron chi connectivity index (χ0n) is 13.6. The van der Waals surface area contributed by atoms with Crippen molar-refractivity contribution in [2.24, 2.45) is 0 Å². The molecule has 2 nitrogen and oxygen atoms in total. The minimum Gasteiger partial charge on any atom is -0.399 e. The largest absolute Gasteiger partial charge is 0.496 e. The lowest BCUT2D eigenvalue weighted by Crippen LogP contribution is -2.41. The molecule has 23 heavy (non-hydrogen) atoms. The van der Waals surface area contributed by atoms with Crippen LogP contribution in [0.25, 0.3) is 0 Å². The van der Waals surface area contributed by atoms with Crippen LogP contribution in [0.4, 0.5) is 13.2 Å². The Morgan fingerprint density at radius 3 is 2.04 bits per heavy atom. The highest BCUT2D eigenvalue weighted by Crippen LogP contribution is 2.46. The second kappa shape index (κ2) is 5.14. The molecule has 2 fully saturated rings. The SMILES string of the molecule is CC1(C)OB(c2cc(C3CC3)c(C(F)(F)F)cc2Cl)OC1(C)C. The molecule has 1 aliphatic heterocycles. The number of benzene rings is 1. The highest BCUT2D eigenvalue weighted by atomic mass is 35.5. The van der Waals surface area contributed by atoms with Gasteiger partial charge in [-0.25, -0.2) is 0 Å². The van der Waals surface area contributed by atoms with E-state index in [4.69, 9.17) is 20.9 Å². The van der Waals surface area contributed by atoms with Crippen molar-refractivity contribution in [1.29, 1.82) is 0 Å². The molecule has 2 aliphatic rings. The predicted octanol–water partition coefficient (Wildman–Crippen LogP) is 4.54. The van der Waals surface area contributed by atoms with Gasteiger partial charge in [0.15, 0.2) is 0 Å². The Kier molecular flexibility index (Phi) is 3.82. The normalized spacial score (nSPS) is 23.4. The van der Waals surface area contributed by atoms with Crippen molar-refractivity contribution in [1.82, 2.24) is 0 Å². The first kappa shape index (κ1) is 17.1. The number of alkyl halides is 3. The molecule has 1 saturated carbocycles. The summed E-state index contributed by atoms with van der Waals surface area (Å²) in [6.07, 6.45) is -2.86. The maximum absolute atomic E-state index is 13.3. The molecule has 1 aromatic carbocycles. The van der Waals surface area contributed by atoms with Crippen molar-refractivity contribution in [2.75, 3.05) is 0 Å². The third-order valence-corrected chi connectivity index (χ3v) is 5.33. The monoisotopic (exact) mass is 346 g/mol. The Morgan fingerprint density at radius 2 is 1.61 bits per heavy atom. The van der Waals surface area contributed by atoms with E-state index in [-0.39, 0.29) is 10.9 Å². The van der Waals surface area contributed by atoms with Gasteiger partial charge in [0, 0.05) is 10.5 Å². The van der Waals surface area contributed by atoms with Gasteiger partial charge in [-0.1, -0.05) is 17.7 Å². The fourth-order valence-corrected chi connectivity index (χ4v) is 2.99. The fourth-order valence-electron chi connectivity index (χ4n) is 2.74. The number of rotatable bonds is 2. The Hall–Kier alpha value is -0.715. The maximum Gasteiger partial charge on any atom is 0.496 e. The Bertz CT molecular complexity index is 623. The summed E-state index contributed by atoms with van der Waals surface area (Å²) in [6, 6.07) is 2.53. The Morgan fingerprint density at radius 1 is 1.09 bits per heavy atom. The summed E-state index contributed by atoms with van der Waals surface area (Å²) in [5.41, 5.74) is -1.01. The lowest BCUT2D eigenvalue weighted by Gasteiger charge is -2.32. The van der Waals surface area contributed by atoms with E-state index in [0.717, 1.165) is 18.9 Å². The summed E-state index contributed by atoms with van der Waals surface area (Å²) < 4.78 is 51.6. The molecule has 0 unspecified atom stereocenters. The van der Waals surface area contributed by atoms with Crippen molar-refractivity contribution in [3.63, 3.8) is 0 Å². The van der Waals surface area contributed by atoms with Crippen LogP contribution < -0.4 is 5.46 Å². The summed E-state index contributed by atoms with van der Waals surface area (Å²) in [7, 11) is -0.757. The standard InChI is InChI=1S/C16H19BClF3O2/c1-14(2)15(3,4)23-17(22-14)12-7-10(9-5-6-9)11(8-13(12)18)16(19,20)21/h7-9H,5-6H2,1-4H3. The molecule has 0 amide bonds. The minimum atomic E-state index is -4.41. The van der Waals surface area contributed by atoms with Gasteiger partial charge in [-0.15, -0.1) is 0 Å². The van der Waals surface area contributed by atoms with Gasteiger partial charge < -0.3 is 9.31 Å². The molecule has 0 aromatic heterocycles. The first-order valence-corrected chi connectivity index (χ1v) is 8.06. The van der Waals surface area contributed by atoms with Crippen molar-refractivity contribution in [3.05, 3.63) is 28.3 Å². The third kappa shape index (κ3) is 3.01. The van der Waals surface area contributed by atoms with Crippen LogP contribution in [-0.4, -0.2) is 18.3 Å². The van der Waals surface area contributed by atoms with E-state index in [1.54, 1.807) is 0 Å². The molecule has 126 valence electrons. The van der Waals surface area contributed by atoms with E-state index in [1.165, 1.54) is 6.07 Å². The molecule has 0 bridgehead atoms. The Labute approximate surface area is 139 Å². The van der Waals surface area contributed by atoms with Gasteiger partial charge in [-0.2, -0.15) is 13.2 Å². The van der Waals surface area contributed by atoms with E-state index in [9.17, 15) is 13.2 Å². The molecule has 1 saturated heterocycles. The first-order valence-electron chi connectivity index (χ1n) is 7.68. The van der Waals surface area contributed by atoms with Crippen molar-refractivity contribution in [2.45, 2.75) is 63.8 Å². The maximum atomic E-state index is 13.3. The average molecular weight is 347 g/mol. The van der Waals surface area contributed by atoms with Crippen LogP contribution in [0.1, 0.15) is 57.6 Å². The van der Waals surface area contributed by atoms with Gasteiger partial charge in [-0.05, 0) is 58.1 Å². The van der Waals surface area contributed by atoms with E-state index in [2.05, 4.69) is 0 Å². The highest BCUT2D eigenvalue weighted by Gasteiger charge is 2.52. The second-order valence-electron chi connectivity index (χ2n) is 7.32. The number of hydrogen-bond acceptors (Lipinski definition) is 2. The summed E-state index contributed by atoms with van der Waals surface area (Å²) in [5.74, 6) is -0.0509. The molecule has 1 aliphatic carbocycles. The van der Waals surface area contributed by atoms with Gasteiger partial charge in [0.2, 0.25) is 0 Å². The van der Waals surface area contributed by atoms with Gasteiger partial charge in [0.25, 0.3) is 0 Å². The highest BCUT2D eigenvalue weighted by molar-refractivity contribution is 6.65. The molecule has 0 atom stereocenters. The molecule has 1 heterocycles. The van der Waals surface area contributed by atoms with E-state index in [1.807, 2.05) is 27.7 Å². The van der Waals surface area contributed by atoms with Crippen molar-refractivity contribution < 1.29 is 22.5 Å². The average Bonchev–Trinajstić information content (AvgIpc) is 3.16. The quantitative estimate of drug-likeness (QED) is 0.732. The van der Waals surface area contributed by atoms with E-state index < -0.39 is 30.1 Å². The van der Waals surface area contributed by atoms with Crippen LogP contribution in [0, 0.1) is 0 Å². The van der Waals surface area contributed by atoms with Crippen molar-refractivity contribution >= 4 is 24.2 Å². The minimum absolute atomic E-state index is 0.0280. The third-order valence-electron chi connectivity index (χ3n) is 5.00. The van der Waals surface area contributed by atoms with Gasteiger partial charge >= 0.3 is 13.3 Å². The van der Waals surface area contributed by atoms with Crippen LogP contribution in [0.5, 0.6) is 0 Å². The van der Waals surface area contributed by atoms with Gasteiger partial charge in [-0.3, -0.25) is 0 Å². The van der Waals surface area contributed by atoms with E-state index >= 15 is 0 Å². The van der Waals surface area contributed by atoms with E-state index in [0.29, 0.717) is 11.0 Å². The molecular formula is C16H19BClF3O2. The zero-order valence-corrected chi connectivity index (χ0v) is 14.3.